The first kappa shape index (κ1) is 24.0. The second-order valence-corrected chi connectivity index (χ2v) is 12.8. The molecule has 6 nitrogen and oxygen atoms in total. The molecule has 4 saturated carbocycles. The fourth-order valence-electron chi connectivity index (χ4n) is 9.68. The summed E-state index contributed by atoms with van der Waals surface area (Å²) in [7, 11) is 0. The Hall–Kier alpha value is -1.40. The van der Waals surface area contributed by atoms with Crippen molar-refractivity contribution in [3.05, 3.63) is 18.4 Å². The van der Waals surface area contributed by atoms with Crippen molar-refractivity contribution in [2.24, 2.45) is 40.9 Å². The van der Waals surface area contributed by atoms with E-state index in [1.807, 2.05) is 6.92 Å². The number of rotatable bonds is 5. The highest BCUT2D eigenvalue weighted by Crippen LogP contribution is 2.65. The fraction of sp³-hybridized carbons (Fsp3) is 0.862. The van der Waals surface area contributed by atoms with Crippen LogP contribution in [0.2, 0.25) is 0 Å². The van der Waals surface area contributed by atoms with Gasteiger partial charge in [-0.15, -0.1) is 0 Å². The van der Waals surface area contributed by atoms with Crippen LogP contribution in [0.4, 0.5) is 0 Å². The average Bonchev–Trinajstić information content (AvgIpc) is 3.61. The third-order valence-corrected chi connectivity index (χ3v) is 11.2. The van der Waals surface area contributed by atoms with Crippen LogP contribution in [0, 0.1) is 40.9 Å². The van der Waals surface area contributed by atoms with E-state index in [2.05, 4.69) is 16.8 Å². The van der Waals surface area contributed by atoms with Gasteiger partial charge in [0.05, 0.1) is 18.4 Å². The van der Waals surface area contributed by atoms with Gasteiger partial charge >= 0.3 is 0 Å². The van der Waals surface area contributed by atoms with Crippen molar-refractivity contribution in [2.75, 3.05) is 19.8 Å². The number of likely N-dealkylation sites (tertiary alicyclic amines) is 1. The van der Waals surface area contributed by atoms with Gasteiger partial charge in [-0.05, 0) is 113 Å². The highest BCUT2D eigenvalue weighted by atomic mass is 16.5. The lowest BCUT2D eigenvalue weighted by atomic mass is 9.49. The zero-order chi connectivity index (χ0) is 24.2. The van der Waals surface area contributed by atoms with Crippen LogP contribution in [0.25, 0.3) is 0 Å². The van der Waals surface area contributed by atoms with Crippen LogP contribution < -0.4 is 0 Å². The number of hydrogen-bond acceptors (Lipinski definition) is 5. The van der Waals surface area contributed by atoms with Crippen LogP contribution in [0.3, 0.4) is 0 Å². The molecule has 6 heteroatoms. The van der Waals surface area contributed by atoms with E-state index in [4.69, 9.17) is 9.15 Å². The maximum absolute atomic E-state index is 14.0. The Morgan fingerprint density at radius 2 is 2.00 bits per heavy atom. The Bertz CT molecular complexity index is 905. The fourth-order valence-corrected chi connectivity index (χ4v) is 9.68. The normalized spacial score (nSPS) is 45.1. The van der Waals surface area contributed by atoms with Gasteiger partial charge in [-0.2, -0.15) is 0 Å². The molecular weight excluding hydrogens is 440 g/mol. The number of amides is 1. The second-order valence-electron chi connectivity index (χ2n) is 12.8. The maximum atomic E-state index is 14.0. The van der Waals surface area contributed by atoms with E-state index in [1.54, 1.807) is 12.5 Å². The molecule has 0 unspecified atom stereocenters. The predicted molar refractivity (Wildman–Crippen MR) is 132 cm³/mol. The first-order valence-electron chi connectivity index (χ1n) is 14.4. The number of fused-ring (bicyclic) bond motifs is 5. The van der Waals surface area contributed by atoms with E-state index in [1.165, 1.54) is 32.1 Å². The van der Waals surface area contributed by atoms with Crippen molar-refractivity contribution < 1.29 is 19.1 Å². The van der Waals surface area contributed by atoms with Crippen LogP contribution >= 0.6 is 0 Å². The molecule has 0 aromatic carbocycles. The molecule has 194 valence electrons. The molecule has 1 aromatic heterocycles. The summed E-state index contributed by atoms with van der Waals surface area (Å²) in [5, 5.41) is 11.1. The number of carbonyl (C=O) groups excluding carboxylic acids is 1. The minimum Gasteiger partial charge on any atom is -0.447 e. The van der Waals surface area contributed by atoms with E-state index in [-0.39, 0.29) is 17.4 Å². The van der Waals surface area contributed by atoms with Gasteiger partial charge in [-0.1, -0.05) is 6.92 Å². The third kappa shape index (κ3) is 3.98. The zero-order valence-electron chi connectivity index (χ0n) is 21.7. The lowest BCUT2D eigenvalue weighted by molar-refractivity contribution is -0.147. The van der Waals surface area contributed by atoms with Gasteiger partial charge in [-0.3, -0.25) is 4.79 Å². The lowest BCUT2D eigenvalue weighted by Crippen LogP contribution is -2.53. The van der Waals surface area contributed by atoms with Gasteiger partial charge in [0.25, 0.3) is 0 Å². The van der Waals surface area contributed by atoms with Gasteiger partial charge in [0.2, 0.25) is 11.8 Å². The molecule has 1 amide bonds. The van der Waals surface area contributed by atoms with Gasteiger partial charge in [-0.25, -0.2) is 4.98 Å². The Kier molecular flexibility index (Phi) is 6.28. The van der Waals surface area contributed by atoms with Crippen LogP contribution in [-0.2, 0) is 9.53 Å². The Morgan fingerprint density at radius 1 is 1.14 bits per heavy atom. The summed E-state index contributed by atoms with van der Waals surface area (Å²) >= 11 is 0. The summed E-state index contributed by atoms with van der Waals surface area (Å²) in [6, 6.07) is 0.0182. The molecule has 6 rings (SSSR count). The number of oxazole rings is 1. The molecule has 5 fully saturated rings. The van der Waals surface area contributed by atoms with E-state index in [0.29, 0.717) is 36.8 Å². The van der Waals surface area contributed by atoms with Crippen molar-refractivity contribution in [3.8, 4) is 0 Å². The number of aromatic nitrogens is 1. The average molecular weight is 485 g/mol. The molecular formula is C29H44N2O4. The molecule has 5 aliphatic rings. The maximum Gasteiger partial charge on any atom is 0.226 e. The minimum absolute atomic E-state index is 0.0182. The molecule has 0 bridgehead atoms. The summed E-state index contributed by atoms with van der Waals surface area (Å²) in [5.41, 5.74) is -0.494. The van der Waals surface area contributed by atoms with Crippen molar-refractivity contribution in [1.82, 2.24) is 9.88 Å². The number of nitrogens with zero attached hydrogens (tertiary/aromatic N) is 2. The second kappa shape index (κ2) is 9.16. The number of carbonyl (C=O) groups is 1. The largest absolute Gasteiger partial charge is 0.447 e. The molecule has 4 aliphatic carbocycles. The van der Waals surface area contributed by atoms with Crippen LogP contribution in [-0.4, -0.2) is 46.3 Å². The highest BCUT2D eigenvalue weighted by molar-refractivity contribution is 5.81. The van der Waals surface area contributed by atoms with Gasteiger partial charge in [0.15, 0.2) is 0 Å². The Labute approximate surface area is 210 Å². The van der Waals surface area contributed by atoms with Crippen LogP contribution in [0.1, 0.15) is 96.4 Å². The number of ether oxygens (including phenoxy) is 1. The quantitative estimate of drug-likeness (QED) is 0.608. The number of hydrogen-bond donors (Lipinski definition) is 1. The van der Waals surface area contributed by atoms with Crippen molar-refractivity contribution in [1.29, 1.82) is 0 Å². The van der Waals surface area contributed by atoms with E-state index < -0.39 is 5.60 Å². The highest BCUT2D eigenvalue weighted by Gasteiger charge is 2.60. The molecule has 0 radical (unpaired) electrons. The standard InChI is InChI=1S/C29H44N2O4/c1-3-34-18-29(33)13-11-20-19(17-29)6-7-22-21(20)10-12-28(2)23(22)8-9-24(28)27(32)31-15-4-5-25(31)26-30-14-16-35-26/h14,16,19-25,33H,3-13,15,17-18H2,1-2H3/t19-,20+,21-,22-,23+,24-,25-,28+,29-/m1/s1. The topological polar surface area (TPSA) is 75.8 Å². The lowest BCUT2D eigenvalue weighted by Gasteiger charge is -2.57. The van der Waals surface area contributed by atoms with Crippen molar-refractivity contribution in [3.63, 3.8) is 0 Å². The monoisotopic (exact) mass is 484 g/mol. The summed E-state index contributed by atoms with van der Waals surface area (Å²) in [4.78, 5) is 20.5. The minimum atomic E-state index is -0.618. The summed E-state index contributed by atoms with van der Waals surface area (Å²) in [6.45, 7) is 6.47. The molecule has 1 aliphatic heterocycles. The van der Waals surface area contributed by atoms with E-state index in [9.17, 15) is 9.90 Å². The first-order valence-corrected chi connectivity index (χ1v) is 14.4. The molecule has 9 atom stereocenters. The number of aliphatic hydroxyl groups is 1. The van der Waals surface area contributed by atoms with Crippen molar-refractivity contribution >= 4 is 5.91 Å². The van der Waals surface area contributed by atoms with Crippen LogP contribution in [0.5, 0.6) is 0 Å². The summed E-state index contributed by atoms with van der Waals surface area (Å²) in [5.74, 6) is 4.82. The third-order valence-electron chi connectivity index (χ3n) is 11.2. The molecule has 35 heavy (non-hydrogen) atoms. The molecule has 1 aromatic rings. The predicted octanol–water partition coefficient (Wildman–Crippen LogP) is 5.37. The summed E-state index contributed by atoms with van der Waals surface area (Å²) in [6.07, 6.45) is 15.5. The van der Waals surface area contributed by atoms with Crippen molar-refractivity contribution in [2.45, 2.75) is 96.1 Å². The van der Waals surface area contributed by atoms with Gasteiger partial charge < -0.3 is 19.2 Å². The first-order chi connectivity index (χ1) is 16.9. The molecule has 0 spiro atoms. The molecule has 2 heterocycles. The van der Waals surface area contributed by atoms with E-state index in [0.717, 1.165) is 62.8 Å². The van der Waals surface area contributed by atoms with Gasteiger partial charge in [0.1, 0.15) is 12.3 Å². The summed E-state index contributed by atoms with van der Waals surface area (Å²) < 4.78 is 11.3. The van der Waals surface area contributed by atoms with E-state index >= 15 is 0 Å². The zero-order valence-corrected chi connectivity index (χ0v) is 21.7. The van der Waals surface area contributed by atoms with Crippen LogP contribution in [0.15, 0.2) is 16.9 Å². The van der Waals surface area contributed by atoms with Gasteiger partial charge in [0, 0.05) is 19.1 Å². The Morgan fingerprint density at radius 3 is 2.80 bits per heavy atom. The Balaban J connectivity index is 1.16. The molecule has 1 N–H and O–H groups in total. The molecule has 1 saturated heterocycles. The SMILES string of the molecule is CCOC[C@@]1(O)CC[C@H]2[C@H](CC[C@@H]3[C@@H]2CC[C@]2(C)[C@@H](C(=O)N4CCC[C@@H]4c4ncco4)CC[C@@H]32)C1. The smallest absolute Gasteiger partial charge is 0.226 e.